The van der Waals surface area contributed by atoms with Gasteiger partial charge in [0.15, 0.2) is 11.5 Å². The lowest BCUT2D eigenvalue weighted by molar-refractivity contribution is -0.147. The van der Waals surface area contributed by atoms with Crippen molar-refractivity contribution >= 4 is 23.6 Å². The Balaban J connectivity index is 2.11. The van der Waals surface area contributed by atoms with Crippen LogP contribution in [0.3, 0.4) is 0 Å². The summed E-state index contributed by atoms with van der Waals surface area (Å²) in [6, 6.07) is 12.3. The van der Waals surface area contributed by atoms with Gasteiger partial charge in [-0.05, 0) is 38.8 Å². The van der Waals surface area contributed by atoms with Gasteiger partial charge in [0.1, 0.15) is 12.1 Å². The van der Waals surface area contributed by atoms with E-state index in [0.29, 0.717) is 23.5 Å². The molecule has 230 valence electrons. The quantitative estimate of drug-likeness (QED) is 0.217. The molecule has 0 spiro atoms. The van der Waals surface area contributed by atoms with E-state index in [-0.39, 0.29) is 19.6 Å². The monoisotopic (exact) mass is 586 g/mol. The normalized spacial score (nSPS) is 12.4. The van der Waals surface area contributed by atoms with Crippen molar-refractivity contribution in [2.75, 3.05) is 27.9 Å². The Bertz CT molecular complexity index is 1180. The fraction of sp³-hybridized carbons (Fsp3) is 0.467. The molecule has 12 nitrogen and oxygen atoms in total. The van der Waals surface area contributed by atoms with Crippen molar-refractivity contribution in [3.8, 4) is 11.5 Å². The number of benzene rings is 2. The average Bonchev–Trinajstić information content (AvgIpc) is 2.97. The second-order valence-corrected chi connectivity index (χ2v) is 10.4. The lowest BCUT2D eigenvalue weighted by Crippen LogP contribution is -2.56. The molecule has 12 heteroatoms. The van der Waals surface area contributed by atoms with Crippen molar-refractivity contribution in [2.45, 2.75) is 64.3 Å². The van der Waals surface area contributed by atoms with Crippen molar-refractivity contribution in [2.24, 2.45) is 0 Å². The number of carbonyl (C=O) groups is 4. The highest BCUT2D eigenvalue weighted by Gasteiger charge is 2.29. The van der Waals surface area contributed by atoms with Gasteiger partial charge in [0.2, 0.25) is 23.6 Å². The first-order chi connectivity index (χ1) is 20.0. The van der Waals surface area contributed by atoms with Gasteiger partial charge in [0, 0.05) is 25.6 Å². The van der Waals surface area contributed by atoms with Gasteiger partial charge in [-0.3, -0.25) is 24.0 Å². The van der Waals surface area contributed by atoms with E-state index >= 15 is 0 Å². The van der Waals surface area contributed by atoms with Crippen molar-refractivity contribution < 1.29 is 38.2 Å². The SMILES string of the molecule is COCC(NC(=O)C(CC(=O)NOC(C)(C)C)NC(=O)CCc1ccccc1)C(=O)NCc1cccc(OC)c1OC. The van der Waals surface area contributed by atoms with Gasteiger partial charge in [0.25, 0.3) is 0 Å². The van der Waals surface area contributed by atoms with Crippen LogP contribution in [0.4, 0.5) is 0 Å². The largest absolute Gasteiger partial charge is 0.493 e. The minimum absolute atomic E-state index is 0.0848. The summed E-state index contributed by atoms with van der Waals surface area (Å²) in [7, 11) is 4.39. The van der Waals surface area contributed by atoms with Gasteiger partial charge in [-0.15, -0.1) is 0 Å². The Morgan fingerprint density at radius 2 is 1.52 bits per heavy atom. The van der Waals surface area contributed by atoms with Crippen molar-refractivity contribution in [1.29, 1.82) is 0 Å². The molecule has 0 bridgehead atoms. The van der Waals surface area contributed by atoms with Crippen LogP contribution in [0.25, 0.3) is 0 Å². The molecular formula is C30H42N4O8. The molecule has 0 radical (unpaired) electrons. The van der Waals surface area contributed by atoms with Gasteiger partial charge in [-0.2, -0.15) is 0 Å². The topological polar surface area (TPSA) is 153 Å². The fourth-order valence-electron chi connectivity index (χ4n) is 3.84. The van der Waals surface area contributed by atoms with Crippen LogP contribution in [0.5, 0.6) is 11.5 Å². The molecule has 2 aromatic rings. The predicted molar refractivity (Wildman–Crippen MR) is 155 cm³/mol. The van der Waals surface area contributed by atoms with Gasteiger partial charge < -0.3 is 30.2 Å². The Hall–Kier alpha value is -4.16. The first kappa shape index (κ1) is 34.0. The molecule has 2 aromatic carbocycles. The van der Waals surface area contributed by atoms with E-state index in [1.807, 2.05) is 30.3 Å². The van der Waals surface area contributed by atoms with E-state index in [0.717, 1.165) is 5.56 Å². The maximum absolute atomic E-state index is 13.3. The molecule has 2 unspecified atom stereocenters. The molecule has 0 saturated heterocycles. The average molecular weight is 587 g/mol. The van der Waals surface area contributed by atoms with Gasteiger partial charge in [0.05, 0.1) is 32.8 Å². The molecule has 0 aliphatic carbocycles. The summed E-state index contributed by atoms with van der Waals surface area (Å²) in [5, 5.41) is 7.97. The van der Waals surface area contributed by atoms with E-state index in [1.54, 1.807) is 39.0 Å². The van der Waals surface area contributed by atoms with E-state index in [1.165, 1.54) is 21.3 Å². The predicted octanol–water partition coefficient (Wildman–Crippen LogP) is 1.81. The molecule has 0 aliphatic heterocycles. The highest BCUT2D eigenvalue weighted by Crippen LogP contribution is 2.30. The zero-order valence-corrected chi connectivity index (χ0v) is 25.1. The van der Waals surface area contributed by atoms with Crippen LogP contribution in [0.2, 0.25) is 0 Å². The molecule has 2 rings (SSSR count). The minimum atomic E-state index is -1.28. The summed E-state index contributed by atoms with van der Waals surface area (Å²) in [4.78, 5) is 57.0. The number of hydrogen-bond acceptors (Lipinski definition) is 8. The number of hydrogen-bond donors (Lipinski definition) is 4. The van der Waals surface area contributed by atoms with Crippen LogP contribution in [-0.2, 0) is 41.7 Å². The van der Waals surface area contributed by atoms with Crippen molar-refractivity contribution in [3.63, 3.8) is 0 Å². The second kappa shape index (κ2) is 16.9. The van der Waals surface area contributed by atoms with Gasteiger partial charge >= 0.3 is 0 Å². The maximum Gasteiger partial charge on any atom is 0.246 e. The summed E-state index contributed by atoms with van der Waals surface area (Å²) in [5.74, 6) is -1.34. The van der Waals surface area contributed by atoms with E-state index in [4.69, 9.17) is 19.0 Å². The zero-order valence-electron chi connectivity index (χ0n) is 25.1. The number of amides is 4. The van der Waals surface area contributed by atoms with Crippen molar-refractivity contribution in [3.05, 3.63) is 59.7 Å². The summed E-state index contributed by atoms with van der Waals surface area (Å²) >= 11 is 0. The van der Waals surface area contributed by atoms with E-state index in [2.05, 4.69) is 21.4 Å². The van der Waals surface area contributed by atoms with E-state index in [9.17, 15) is 19.2 Å². The molecule has 2 atom stereocenters. The number of hydroxylamine groups is 1. The van der Waals surface area contributed by atoms with Crippen LogP contribution in [-0.4, -0.2) is 69.2 Å². The fourth-order valence-corrected chi connectivity index (χ4v) is 3.84. The smallest absolute Gasteiger partial charge is 0.246 e. The molecular weight excluding hydrogens is 544 g/mol. The standard InChI is InChI=1S/C30H42N4O8/c1-30(2,3)42-34-26(36)17-22(32-25(35)16-15-20-11-8-7-9-12-20)29(38)33-23(19-39-4)28(37)31-18-21-13-10-14-24(40-5)27(21)41-6/h7-14,22-23H,15-19H2,1-6H3,(H,31,37)(H,32,35)(H,33,38)(H,34,36). The summed E-state index contributed by atoms with van der Waals surface area (Å²) in [5.41, 5.74) is 3.25. The molecule has 4 N–H and O–H groups in total. The summed E-state index contributed by atoms with van der Waals surface area (Å²) in [6.45, 7) is 5.18. The van der Waals surface area contributed by atoms with Gasteiger partial charge in [-0.1, -0.05) is 42.5 Å². The molecule has 0 fully saturated rings. The van der Waals surface area contributed by atoms with Crippen LogP contribution < -0.4 is 30.9 Å². The highest BCUT2D eigenvalue weighted by atomic mass is 16.7. The first-order valence-corrected chi connectivity index (χ1v) is 13.5. The third-order valence-electron chi connectivity index (χ3n) is 5.90. The molecule has 0 saturated carbocycles. The van der Waals surface area contributed by atoms with Crippen LogP contribution >= 0.6 is 0 Å². The first-order valence-electron chi connectivity index (χ1n) is 13.5. The van der Waals surface area contributed by atoms with Crippen LogP contribution in [0.15, 0.2) is 48.5 Å². The van der Waals surface area contributed by atoms with Crippen LogP contribution in [0.1, 0.15) is 44.7 Å². The summed E-state index contributed by atoms with van der Waals surface area (Å²) in [6.07, 6.45) is 0.127. The molecule has 42 heavy (non-hydrogen) atoms. The van der Waals surface area contributed by atoms with E-state index < -0.39 is 47.7 Å². The number of methoxy groups -OCH3 is 3. The van der Waals surface area contributed by atoms with Crippen LogP contribution in [0, 0.1) is 0 Å². The Morgan fingerprint density at radius 1 is 0.810 bits per heavy atom. The third-order valence-corrected chi connectivity index (χ3v) is 5.90. The van der Waals surface area contributed by atoms with Crippen molar-refractivity contribution in [1.82, 2.24) is 21.4 Å². The van der Waals surface area contributed by atoms with Gasteiger partial charge in [-0.25, -0.2) is 5.48 Å². The number of rotatable bonds is 16. The maximum atomic E-state index is 13.3. The molecule has 0 heterocycles. The molecule has 0 aliphatic rings. The number of para-hydroxylation sites is 1. The lowest BCUT2D eigenvalue weighted by Gasteiger charge is -2.24. The Labute approximate surface area is 246 Å². The third kappa shape index (κ3) is 11.8. The lowest BCUT2D eigenvalue weighted by atomic mass is 10.1. The summed E-state index contributed by atoms with van der Waals surface area (Å²) < 4.78 is 15.9. The minimum Gasteiger partial charge on any atom is -0.493 e. The number of nitrogens with one attached hydrogen (secondary N) is 4. The molecule has 0 aromatic heterocycles. The zero-order chi connectivity index (χ0) is 31.1. The number of carbonyl (C=O) groups excluding carboxylic acids is 4. The Morgan fingerprint density at radius 3 is 2.14 bits per heavy atom. The second-order valence-electron chi connectivity index (χ2n) is 10.4. The number of ether oxygens (including phenoxy) is 3. The molecule has 4 amide bonds. The Kier molecular flexibility index (Phi) is 13.7. The highest BCUT2D eigenvalue weighted by molar-refractivity contribution is 5.94. The number of aryl methyl sites for hydroxylation is 1.